The third kappa shape index (κ3) is 3.09. The molecule has 24 heavy (non-hydrogen) atoms. The first-order chi connectivity index (χ1) is 11.6. The molecule has 0 radical (unpaired) electrons. The molecule has 2 saturated heterocycles. The first-order valence-corrected chi connectivity index (χ1v) is 9.11. The van der Waals surface area contributed by atoms with Gasteiger partial charge in [0, 0.05) is 51.5 Å². The number of amides is 1. The third-order valence-electron chi connectivity index (χ3n) is 5.78. The summed E-state index contributed by atoms with van der Waals surface area (Å²) in [6.07, 6.45) is 9.04. The van der Waals surface area contributed by atoms with Gasteiger partial charge in [-0.3, -0.25) is 14.4 Å². The lowest BCUT2D eigenvalue weighted by atomic mass is 9.77. The molecule has 1 aromatic heterocycles. The minimum atomic E-state index is -0.00910. The Hall–Kier alpha value is -1.40. The zero-order chi connectivity index (χ0) is 17.2. The van der Waals surface area contributed by atoms with E-state index in [-0.39, 0.29) is 5.54 Å². The molecule has 1 aromatic rings. The highest BCUT2D eigenvalue weighted by Crippen LogP contribution is 2.43. The maximum absolute atomic E-state index is 12.5. The molecule has 2 aliphatic heterocycles. The van der Waals surface area contributed by atoms with Gasteiger partial charge in [-0.1, -0.05) is 6.92 Å². The van der Waals surface area contributed by atoms with E-state index in [1.165, 1.54) is 5.56 Å². The number of carbonyl (C=O) groups is 1. The van der Waals surface area contributed by atoms with Crippen molar-refractivity contribution in [3.63, 3.8) is 0 Å². The lowest BCUT2D eigenvalue weighted by Gasteiger charge is -2.52. The Morgan fingerprint density at radius 1 is 1.42 bits per heavy atom. The second-order valence-electron chi connectivity index (χ2n) is 7.16. The first-order valence-electron chi connectivity index (χ1n) is 9.11. The monoisotopic (exact) mass is 334 g/mol. The number of hydrogen-bond acceptors (Lipinski definition) is 4. The summed E-state index contributed by atoms with van der Waals surface area (Å²) in [5.41, 5.74) is 1.24. The van der Waals surface area contributed by atoms with Crippen molar-refractivity contribution in [1.29, 1.82) is 0 Å². The highest BCUT2D eigenvalue weighted by atomic mass is 16.5. The minimum absolute atomic E-state index is 0.00910. The molecule has 1 spiro atoms. The molecule has 134 valence electrons. The molecule has 0 aliphatic carbocycles. The van der Waals surface area contributed by atoms with Crippen LogP contribution in [0.1, 0.15) is 44.6 Å². The van der Waals surface area contributed by atoms with Gasteiger partial charge < -0.3 is 9.64 Å². The number of rotatable bonds is 6. The number of aromatic nitrogens is 2. The number of aryl methyl sites for hydroxylation is 1. The van der Waals surface area contributed by atoms with E-state index in [1.54, 1.807) is 7.11 Å². The van der Waals surface area contributed by atoms with Crippen molar-refractivity contribution in [1.82, 2.24) is 19.6 Å². The molecule has 0 aromatic carbocycles. The van der Waals surface area contributed by atoms with Crippen molar-refractivity contribution in [2.75, 3.05) is 26.8 Å². The molecule has 0 bridgehead atoms. The summed E-state index contributed by atoms with van der Waals surface area (Å²) >= 11 is 0. The first kappa shape index (κ1) is 17.4. The summed E-state index contributed by atoms with van der Waals surface area (Å²) in [4.78, 5) is 17.2. The van der Waals surface area contributed by atoms with Gasteiger partial charge in [-0.25, -0.2) is 0 Å². The van der Waals surface area contributed by atoms with E-state index in [9.17, 15) is 4.79 Å². The van der Waals surface area contributed by atoms with Gasteiger partial charge >= 0.3 is 0 Å². The molecule has 0 saturated carbocycles. The lowest BCUT2D eigenvalue weighted by Crippen LogP contribution is -2.63. The lowest BCUT2D eigenvalue weighted by molar-refractivity contribution is -0.136. The molecular formula is C18H30N4O2. The highest BCUT2D eigenvalue weighted by molar-refractivity contribution is 5.80. The average molecular weight is 334 g/mol. The fraction of sp³-hybridized carbons (Fsp3) is 0.778. The van der Waals surface area contributed by atoms with Gasteiger partial charge in [-0.15, -0.1) is 0 Å². The van der Waals surface area contributed by atoms with Crippen LogP contribution in [0.2, 0.25) is 0 Å². The number of nitrogens with zero attached hydrogens (tertiary/aromatic N) is 4. The van der Waals surface area contributed by atoms with E-state index in [0.717, 1.165) is 38.8 Å². The largest absolute Gasteiger partial charge is 0.383 e. The minimum Gasteiger partial charge on any atom is -0.383 e. The SMILES string of the molecule is CC[C@H]1N(Cc2cnn(C)c2)CCC[C@@]12CCC(=O)N2CCOC. The van der Waals surface area contributed by atoms with E-state index < -0.39 is 0 Å². The topological polar surface area (TPSA) is 50.6 Å². The Kier molecular flexibility index (Phi) is 5.25. The van der Waals surface area contributed by atoms with Crippen molar-refractivity contribution in [3.8, 4) is 0 Å². The van der Waals surface area contributed by atoms with E-state index in [4.69, 9.17) is 4.74 Å². The number of likely N-dealkylation sites (tertiary alicyclic amines) is 2. The number of piperidine rings is 1. The van der Waals surface area contributed by atoms with Crippen LogP contribution in [-0.4, -0.2) is 63.9 Å². The molecule has 0 unspecified atom stereocenters. The van der Waals surface area contributed by atoms with Crippen LogP contribution < -0.4 is 0 Å². The van der Waals surface area contributed by atoms with E-state index >= 15 is 0 Å². The van der Waals surface area contributed by atoms with E-state index in [0.29, 0.717) is 31.5 Å². The summed E-state index contributed by atoms with van der Waals surface area (Å²) < 4.78 is 7.12. The molecule has 1 amide bonds. The molecule has 6 nitrogen and oxygen atoms in total. The number of ether oxygens (including phenoxy) is 1. The van der Waals surface area contributed by atoms with Gasteiger partial charge in [0.1, 0.15) is 0 Å². The molecule has 3 rings (SSSR count). The second kappa shape index (κ2) is 7.23. The van der Waals surface area contributed by atoms with E-state index in [2.05, 4.69) is 28.0 Å². The van der Waals surface area contributed by atoms with Crippen LogP contribution in [-0.2, 0) is 23.1 Å². The van der Waals surface area contributed by atoms with Gasteiger partial charge in [0.05, 0.1) is 18.3 Å². The predicted octanol–water partition coefficient (Wildman–Crippen LogP) is 1.80. The summed E-state index contributed by atoms with van der Waals surface area (Å²) in [5, 5.41) is 4.30. The average Bonchev–Trinajstić information content (AvgIpc) is 3.11. The van der Waals surface area contributed by atoms with Crippen molar-refractivity contribution in [3.05, 3.63) is 18.0 Å². The molecule has 2 atom stereocenters. The summed E-state index contributed by atoms with van der Waals surface area (Å²) in [7, 11) is 3.67. The summed E-state index contributed by atoms with van der Waals surface area (Å²) in [6.45, 7) is 5.60. The van der Waals surface area contributed by atoms with Crippen molar-refractivity contribution in [2.45, 2.75) is 57.2 Å². The van der Waals surface area contributed by atoms with Crippen LogP contribution in [0.25, 0.3) is 0 Å². The highest BCUT2D eigenvalue weighted by Gasteiger charge is 2.52. The van der Waals surface area contributed by atoms with Crippen LogP contribution in [0.5, 0.6) is 0 Å². The molecular weight excluding hydrogens is 304 g/mol. The predicted molar refractivity (Wildman–Crippen MR) is 92.5 cm³/mol. The molecule has 3 heterocycles. The van der Waals surface area contributed by atoms with Crippen molar-refractivity contribution < 1.29 is 9.53 Å². The van der Waals surface area contributed by atoms with Crippen LogP contribution in [0.4, 0.5) is 0 Å². The molecule has 2 aliphatic rings. The van der Waals surface area contributed by atoms with Crippen LogP contribution in [0.15, 0.2) is 12.4 Å². The normalized spacial score (nSPS) is 28.2. The number of carbonyl (C=O) groups excluding carboxylic acids is 1. The van der Waals surface area contributed by atoms with Gasteiger partial charge in [0.2, 0.25) is 5.91 Å². The van der Waals surface area contributed by atoms with Gasteiger partial charge in [-0.05, 0) is 32.2 Å². The Morgan fingerprint density at radius 3 is 2.92 bits per heavy atom. The summed E-state index contributed by atoms with van der Waals surface area (Å²) in [5.74, 6) is 0.300. The third-order valence-corrected chi connectivity index (χ3v) is 5.78. The van der Waals surface area contributed by atoms with Crippen LogP contribution >= 0.6 is 0 Å². The fourth-order valence-electron chi connectivity index (χ4n) is 4.84. The number of hydrogen-bond donors (Lipinski definition) is 0. The zero-order valence-electron chi connectivity index (χ0n) is 15.2. The van der Waals surface area contributed by atoms with Gasteiger partial charge in [0.25, 0.3) is 0 Å². The van der Waals surface area contributed by atoms with Gasteiger partial charge in [-0.2, -0.15) is 5.10 Å². The second-order valence-corrected chi connectivity index (χ2v) is 7.16. The Morgan fingerprint density at radius 2 is 2.25 bits per heavy atom. The van der Waals surface area contributed by atoms with Crippen molar-refractivity contribution in [2.24, 2.45) is 7.05 Å². The Labute approximate surface area is 144 Å². The molecule has 0 N–H and O–H groups in total. The maximum atomic E-state index is 12.5. The number of methoxy groups -OCH3 is 1. The molecule has 6 heteroatoms. The Balaban J connectivity index is 1.82. The summed E-state index contributed by atoms with van der Waals surface area (Å²) in [6, 6.07) is 0.412. The van der Waals surface area contributed by atoms with E-state index in [1.807, 2.05) is 17.9 Å². The smallest absolute Gasteiger partial charge is 0.223 e. The maximum Gasteiger partial charge on any atom is 0.223 e. The van der Waals surface area contributed by atoms with Crippen molar-refractivity contribution >= 4 is 5.91 Å². The zero-order valence-corrected chi connectivity index (χ0v) is 15.2. The quantitative estimate of drug-likeness (QED) is 0.796. The fourth-order valence-corrected chi connectivity index (χ4v) is 4.84. The Bertz CT molecular complexity index is 573. The molecule has 2 fully saturated rings. The van der Waals surface area contributed by atoms with Crippen LogP contribution in [0.3, 0.4) is 0 Å². The van der Waals surface area contributed by atoms with Gasteiger partial charge in [0.15, 0.2) is 0 Å². The standard InChI is InChI=1S/C18H30N4O2/c1-4-16-18(8-6-17(23)22(18)10-11-24-3)7-5-9-21(16)14-15-12-19-20(2)13-15/h12-13,16H,4-11,14H2,1-3H3/t16-,18-/m1/s1. The van der Waals surface area contributed by atoms with Crippen LogP contribution in [0, 0.1) is 0 Å².